The smallest absolute Gasteiger partial charge is 0.0478 e. The molecular weight excluding hydrogens is 332 g/mol. The molecule has 0 aliphatic heterocycles. The van der Waals surface area contributed by atoms with Crippen LogP contribution in [0.2, 0.25) is 5.02 Å². The molecule has 3 N–H and O–H groups in total. The van der Waals surface area contributed by atoms with E-state index >= 15 is 0 Å². The Balaban J connectivity index is 2.10. The first-order chi connectivity index (χ1) is 8.70. The van der Waals surface area contributed by atoms with Gasteiger partial charge >= 0.3 is 0 Å². The van der Waals surface area contributed by atoms with Crippen molar-refractivity contribution in [1.29, 1.82) is 0 Å². The molecule has 96 valence electrons. The predicted molar refractivity (Wildman–Crippen MR) is 81.9 cm³/mol. The van der Waals surface area contributed by atoms with Crippen molar-refractivity contribution in [2.45, 2.75) is 18.9 Å². The molecule has 0 aliphatic carbocycles. The van der Waals surface area contributed by atoms with E-state index in [1.54, 1.807) is 11.3 Å². The fourth-order valence-corrected chi connectivity index (χ4v) is 3.19. The van der Waals surface area contributed by atoms with Crippen LogP contribution >= 0.6 is 38.9 Å². The number of nitrogens with two attached hydrogens (primary N) is 1. The van der Waals surface area contributed by atoms with E-state index in [0.29, 0.717) is 0 Å². The molecule has 0 bridgehead atoms. The van der Waals surface area contributed by atoms with Crippen molar-refractivity contribution in [3.63, 3.8) is 0 Å². The van der Waals surface area contributed by atoms with Gasteiger partial charge in [0.1, 0.15) is 0 Å². The van der Waals surface area contributed by atoms with Crippen LogP contribution in [0.1, 0.15) is 23.6 Å². The lowest BCUT2D eigenvalue weighted by molar-refractivity contribution is 0.516. The summed E-state index contributed by atoms with van der Waals surface area (Å²) in [4.78, 5) is 0. The molecule has 2 rings (SSSR count). The van der Waals surface area contributed by atoms with E-state index < -0.39 is 0 Å². The molecule has 18 heavy (non-hydrogen) atoms. The maximum atomic E-state index is 6.22. The van der Waals surface area contributed by atoms with E-state index in [-0.39, 0.29) is 6.04 Å². The predicted octanol–water partition coefficient (Wildman–Crippen LogP) is 4.30. The van der Waals surface area contributed by atoms with Crippen LogP contribution in [0, 0.1) is 0 Å². The van der Waals surface area contributed by atoms with Crippen molar-refractivity contribution in [2.24, 2.45) is 5.84 Å². The average Bonchev–Trinajstić information content (AvgIpc) is 2.87. The number of rotatable bonds is 5. The minimum atomic E-state index is 0.0647. The number of hydrazine groups is 1. The van der Waals surface area contributed by atoms with Crippen molar-refractivity contribution in [3.05, 3.63) is 55.6 Å². The largest absolute Gasteiger partial charge is 0.271 e. The van der Waals surface area contributed by atoms with Gasteiger partial charge in [-0.15, -0.1) is 0 Å². The Kier molecular flexibility index (Phi) is 5.21. The van der Waals surface area contributed by atoms with E-state index in [1.807, 2.05) is 18.2 Å². The third kappa shape index (κ3) is 3.56. The molecule has 0 saturated carbocycles. The van der Waals surface area contributed by atoms with Gasteiger partial charge < -0.3 is 0 Å². The molecule has 5 heteroatoms. The summed E-state index contributed by atoms with van der Waals surface area (Å²) >= 11 is 11.4. The summed E-state index contributed by atoms with van der Waals surface area (Å²) in [6.07, 6.45) is 1.91. The van der Waals surface area contributed by atoms with Crippen LogP contribution in [0.3, 0.4) is 0 Å². The number of aryl methyl sites for hydroxylation is 1. The Morgan fingerprint density at radius 1 is 1.39 bits per heavy atom. The van der Waals surface area contributed by atoms with Crippen LogP contribution in [0.4, 0.5) is 0 Å². The third-order valence-electron chi connectivity index (χ3n) is 2.84. The molecule has 2 aromatic rings. The zero-order valence-electron chi connectivity index (χ0n) is 9.70. The summed E-state index contributed by atoms with van der Waals surface area (Å²) in [6, 6.07) is 8.03. The van der Waals surface area contributed by atoms with Gasteiger partial charge in [-0.25, -0.2) is 0 Å². The van der Waals surface area contributed by atoms with Crippen LogP contribution in [-0.4, -0.2) is 0 Å². The molecule has 0 amide bonds. The third-order valence-corrected chi connectivity index (χ3v) is 4.41. The summed E-state index contributed by atoms with van der Waals surface area (Å²) in [7, 11) is 0. The lowest BCUT2D eigenvalue weighted by Crippen LogP contribution is -2.28. The van der Waals surface area contributed by atoms with Crippen molar-refractivity contribution < 1.29 is 0 Å². The maximum absolute atomic E-state index is 6.22. The van der Waals surface area contributed by atoms with Crippen molar-refractivity contribution in [2.75, 3.05) is 0 Å². The van der Waals surface area contributed by atoms with E-state index in [9.17, 15) is 0 Å². The highest BCUT2D eigenvalue weighted by Crippen LogP contribution is 2.29. The molecule has 1 atom stereocenters. The fraction of sp³-hybridized carbons (Fsp3) is 0.231. The number of hydrogen-bond donors (Lipinski definition) is 2. The molecule has 0 fully saturated rings. The van der Waals surface area contributed by atoms with Gasteiger partial charge in [0.25, 0.3) is 0 Å². The fourth-order valence-electron chi connectivity index (χ4n) is 1.86. The number of halogens is 2. The molecule has 0 spiro atoms. The first kappa shape index (κ1) is 14.0. The number of nitrogens with one attached hydrogen (secondary N) is 1. The molecule has 2 nitrogen and oxygen atoms in total. The normalized spacial score (nSPS) is 12.6. The van der Waals surface area contributed by atoms with Gasteiger partial charge in [-0.1, -0.05) is 27.5 Å². The van der Waals surface area contributed by atoms with Crippen LogP contribution in [0.15, 0.2) is 39.5 Å². The Bertz CT molecular complexity index is 502. The van der Waals surface area contributed by atoms with Crippen molar-refractivity contribution in [3.8, 4) is 0 Å². The average molecular weight is 346 g/mol. The second kappa shape index (κ2) is 6.68. The highest BCUT2D eigenvalue weighted by Gasteiger charge is 2.13. The van der Waals surface area contributed by atoms with Crippen LogP contribution < -0.4 is 11.3 Å². The lowest BCUT2D eigenvalue weighted by Gasteiger charge is -2.17. The molecule has 0 radical (unpaired) electrons. The van der Waals surface area contributed by atoms with Crippen molar-refractivity contribution >= 4 is 38.9 Å². The highest BCUT2D eigenvalue weighted by atomic mass is 79.9. The molecular formula is C13H14BrClN2S. The van der Waals surface area contributed by atoms with E-state index in [0.717, 1.165) is 27.9 Å². The Labute approximate surface area is 124 Å². The first-order valence-corrected chi connectivity index (χ1v) is 7.74. The minimum Gasteiger partial charge on any atom is -0.271 e. The maximum Gasteiger partial charge on any atom is 0.0478 e. The van der Waals surface area contributed by atoms with Crippen molar-refractivity contribution in [1.82, 2.24) is 5.43 Å². The molecule has 1 aromatic carbocycles. The number of benzene rings is 1. The number of hydrogen-bond acceptors (Lipinski definition) is 3. The van der Waals surface area contributed by atoms with E-state index in [1.165, 1.54) is 5.56 Å². The zero-order chi connectivity index (χ0) is 13.0. The SMILES string of the molecule is NNC(CCc1ccsc1)c1cc(Br)ccc1Cl. The second-order valence-electron chi connectivity index (χ2n) is 4.06. The first-order valence-electron chi connectivity index (χ1n) is 5.63. The summed E-state index contributed by atoms with van der Waals surface area (Å²) in [5.74, 6) is 5.64. The van der Waals surface area contributed by atoms with Gasteiger partial charge in [0.05, 0.1) is 0 Å². The molecule has 1 heterocycles. The van der Waals surface area contributed by atoms with Crippen LogP contribution in [-0.2, 0) is 6.42 Å². The monoisotopic (exact) mass is 344 g/mol. The highest BCUT2D eigenvalue weighted by molar-refractivity contribution is 9.10. The number of thiophene rings is 1. The Morgan fingerprint density at radius 3 is 2.89 bits per heavy atom. The van der Waals surface area contributed by atoms with Crippen LogP contribution in [0.25, 0.3) is 0 Å². The quantitative estimate of drug-likeness (QED) is 0.626. The topological polar surface area (TPSA) is 38.0 Å². The van der Waals surface area contributed by atoms with Gasteiger partial charge in [0.2, 0.25) is 0 Å². The van der Waals surface area contributed by atoms with E-state index in [4.69, 9.17) is 17.4 Å². The zero-order valence-corrected chi connectivity index (χ0v) is 12.9. The Hall–Kier alpha value is -0.390. The summed E-state index contributed by atoms with van der Waals surface area (Å²) in [6.45, 7) is 0. The molecule has 0 aliphatic rings. The summed E-state index contributed by atoms with van der Waals surface area (Å²) in [5, 5.41) is 4.99. The lowest BCUT2D eigenvalue weighted by atomic mass is 10.0. The summed E-state index contributed by atoms with van der Waals surface area (Å²) in [5.41, 5.74) is 5.22. The van der Waals surface area contributed by atoms with Gasteiger partial charge in [-0.3, -0.25) is 11.3 Å². The molecule has 1 unspecified atom stereocenters. The molecule has 1 aromatic heterocycles. The Morgan fingerprint density at radius 2 is 2.22 bits per heavy atom. The molecule has 0 saturated heterocycles. The second-order valence-corrected chi connectivity index (χ2v) is 6.16. The minimum absolute atomic E-state index is 0.0647. The van der Waals surface area contributed by atoms with E-state index in [2.05, 4.69) is 38.2 Å². The van der Waals surface area contributed by atoms with Crippen LogP contribution in [0.5, 0.6) is 0 Å². The van der Waals surface area contributed by atoms with Gasteiger partial charge in [-0.2, -0.15) is 11.3 Å². The summed E-state index contributed by atoms with van der Waals surface area (Å²) < 4.78 is 1.01. The van der Waals surface area contributed by atoms with Gasteiger partial charge in [0, 0.05) is 15.5 Å². The van der Waals surface area contributed by atoms with Gasteiger partial charge in [0.15, 0.2) is 0 Å². The van der Waals surface area contributed by atoms with Gasteiger partial charge in [-0.05, 0) is 59.0 Å². The standard InChI is InChI=1S/C13H14BrClN2S/c14-10-2-3-12(15)11(7-10)13(17-16)4-1-9-5-6-18-8-9/h2-3,5-8,13,17H,1,4,16H2.